The maximum Gasteiger partial charge on any atom is 0.242 e. The van der Waals surface area contributed by atoms with Crippen molar-refractivity contribution in [2.24, 2.45) is 5.73 Å². The van der Waals surface area contributed by atoms with E-state index in [9.17, 15) is 4.79 Å². The van der Waals surface area contributed by atoms with E-state index in [1.54, 1.807) is 0 Å². The Bertz CT molecular complexity index is 284. The number of hydrogen-bond donors (Lipinski definition) is 2. The molecule has 0 bridgehead atoms. The molecule has 0 atom stereocenters. The van der Waals surface area contributed by atoms with Crippen molar-refractivity contribution in [2.75, 3.05) is 13.2 Å². The number of nitrogens with two attached hydrogens (primary N) is 1. The van der Waals surface area contributed by atoms with Crippen molar-refractivity contribution < 1.29 is 9.90 Å². The van der Waals surface area contributed by atoms with Gasteiger partial charge in [-0.1, -0.05) is 19.3 Å². The topological polar surface area (TPSA) is 66.6 Å². The lowest BCUT2D eigenvalue weighted by molar-refractivity contribution is -0.142. The normalized spacial score (nSPS) is 23.4. The van der Waals surface area contributed by atoms with Crippen LogP contribution in [0, 0.1) is 0 Å². The number of carbonyl (C=O) groups is 1. The molecule has 3 N–H and O–H groups in total. The highest BCUT2D eigenvalue weighted by atomic mass is 16.3. The van der Waals surface area contributed by atoms with Crippen LogP contribution in [0.4, 0.5) is 0 Å². The van der Waals surface area contributed by atoms with E-state index in [0.717, 1.165) is 38.5 Å². The molecule has 0 aromatic carbocycles. The molecule has 2 fully saturated rings. The molecule has 0 unspecified atom stereocenters. The van der Waals surface area contributed by atoms with Crippen molar-refractivity contribution in [1.29, 1.82) is 0 Å². The molecule has 0 heterocycles. The molecule has 4 nitrogen and oxygen atoms in total. The van der Waals surface area contributed by atoms with Gasteiger partial charge in [0.2, 0.25) is 5.91 Å². The van der Waals surface area contributed by atoms with E-state index in [4.69, 9.17) is 10.8 Å². The number of aliphatic hydroxyl groups is 1. The molecule has 0 aromatic heterocycles. The lowest BCUT2D eigenvalue weighted by atomic mass is 9.80. The molecule has 2 saturated carbocycles. The molecule has 2 aliphatic carbocycles. The minimum Gasteiger partial charge on any atom is -0.396 e. The summed E-state index contributed by atoms with van der Waals surface area (Å²) in [6.45, 7) is 0.813. The van der Waals surface area contributed by atoms with Gasteiger partial charge >= 0.3 is 0 Å². The first-order valence-corrected chi connectivity index (χ1v) is 7.38. The molecule has 2 rings (SSSR count). The van der Waals surface area contributed by atoms with Crippen LogP contribution in [0.25, 0.3) is 0 Å². The molecular formula is C14H26N2O2. The second-order valence-corrected chi connectivity index (χ2v) is 5.88. The van der Waals surface area contributed by atoms with Gasteiger partial charge in [0.25, 0.3) is 0 Å². The minimum absolute atomic E-state index is 0.139. The lowest BCUT2D eigenvalue weighted by Gasteiger charge is -2.43. The zero-order valence-corrected chi connectivity index (χ0v) is 11.2. The van der Waals surface area contributed by atoms with Gasteiger partial charge < -0.3 is 15.7 Å². The number of nitrogens with zero attached hydrogens (tertiary/aromatic N) is 1. The first kappa shape index (κ1) is 13.8. The van der Waals surface area contributed by atoms with E-state index in [1.807, 2.05) is 4.90 Å². The number of amides is 1. The van der Waals surface area contributed by atoms with Gasteiger partial charge in [0.15, 0.2) is 0 Å². The van der Waals surface area contributed by atoms with E-state index in [1.165, 1.54) is 12.8 Å². The molecular weight excluding hydrogens is 228 g/mol. The zero-order chi connectivity index (χ0) is 13.0. The Balaban J connectivity index is 2.01. The van der Waals surface area contributed by atoms with E-state index in [2.05, 4.69) is 0 Å². The molecule has 0 aromatic rings. The van der Waals surface area contributed by atoms with Crippen molar-refractivity contribution in [1.82, 2.24) is 4.90 Å². The average molecular weight is 254 g/mol. The molecule has 2 aliphatic rings. The van der Waals surface area contributed by atoms with Crippen molar-refractivity contribution in [3.05, 3.63) is 0 Å². The van der Waals surface area contributed by atoms with Crippen LogP contribution in [-0.4, -0.2) is 40.6 Å². The number of carbonyl (C=O) groups excluding carboxylic acids is 1. The van der Waals surface area contributed by atoms with E-state index in [0.29, 0.717) is 19.0 Å². The third-order valence-corrected chi connectivity index (χ3v) is 4.51. The Kier molecular flexibility index (Phi) is 4.62. The fourth-order valence-electron chi connectivity index (χ4n) is 3.07. The second-order valence-electron chi connectivity index (χ2n) is 5.88. The monoisotopic (exact) mass is 254 g/mol. The van der Waals surface area contributed by atoms with Crippen LogP contribution in [0.1, 0.15) is 57.8 Å². The summed E-state index contributed by atoms with van der Waals surface area (Å²) in [7, 11) is 0. The Labute approximate surface area is 110 Å². The molecule has 0 saturated heterocycles. The number of hydrogen-bond acceptors (Lipinski definition) is 3. The van der Waals surface area contributed by atoms with E-state index in [-0.39, 0.29) is 12.5 Å². The summed E-state index contributed by atoms with van der Waals surface area (Å²) in [4.78, 5) is 14.6. The van der Waals surface area contributed by atoms with Crippen LogP contribution in [0.15, 0.2) is 0 Å². The first-order chi connectivity index (χ1) is 8.67. The summed E-state index contributed by atoms with van der Waals surface area (Å²) < 4.78 is 0. The predicted octanol–water partition coefficient (Wildman–Crippen LogP) is 1.41. The van der Waals surface area contributed by atoms with Crippen molar-refractivity contribution in [3.8, 4) is 0 Å². The minimum atomic E-state index is -0.622. The Morgan fingerprint density at radius 3 is 2.39 bits per heavy atom. The maximum atomic E-state index is 12.7. The number of aliphatic hydroxyl groups excluding tert-OH is 1. The molecule has 4 heteroatoms. The quantitative estimate of drug-likeness (QED) is 0.779. The third kappa shape index (κ3) is 2.86. The zero-order valence-electron chi connectivity index (χ0n) is 11.2. The Hall–Kier alpha value is -0.610. The van der Waals surface area contributed by atoms with Gasteiger partial charge in [-0.05, 0) is 38.5 Å². The van der Waals surface area contributed by atoms with Crippen LogP contribution in [-0.2, 0) is 4.79 Å². The molecule has 0 aliphatic heterocycles. The second kappa shape index (κ2) is 6.02. The third-order valence-electron chi connectivity index (χ3n) is 4.51. The highest BCUT2D eigenvalue weighted by Crippen LogP contribution is 2.32. The Morgan fingerprint density at radius 2 is 1.89 bits per heavy atom. The summed E-state index contributed by atoms with van der Waals surface area (Å²) in [5.74, 6) is 0.139. The van der Waals surface area contributed by atoms with Gasteiger partial charge in [-0.25, -0.2) is 0 Å². The summed E-state index contributed by atoms with van der Waals surface area (Å²) >= 11 is 0. The smallest absolute Gasteiger partial charge is 0.242 e. The first-order valence-electron chi connectivity index (χ1n) is 7.38. The van der Waals surface area contributed by atoms with Crippen molar-refractivity contribution in [3.63, 3.8) is 0 Å². The van der Waals surface area contributed by atoms with Gasteiger partial charge in [0.1, 0.15) is 0 Å². The number of rotatable bonds is 5. The maximum absolute atomic E-state index is 12.7. The average Bonchev–Trinajstić information content (AvgIpc) is 2.32. The lowest BCUT2D eigenvalue weighted by Crippen LogP contribution is -2.59. The highest BCUT2D eigenvalue weighted by molar-refractivity contribution is 5.86. The largest absolute Gasteiger partial charge is 0.396 e. The van der Waals surface area contributed by atoms with E-state index >= 15 is 0 Å². The highest BCUT2D eigenvalue weighted by Gasteiger charge is 2.41. The standard InChI is InChI=1S/C14H26N2O2/c15-14(8-2-1-3-9-14)13(18)16(10-5-11-17)12-6-4-7-12/h12,17H,1-11,15H2. The molecule has 18 heavy (non-hydrogen) atoms. The Morgan fingerprint density at radius 1 is 1.22 bits per heavy atom. The predicted molar refractivity (Wildman–Crippen MR) is 71.1 cm³/mol. The summed E-state index contributed by atoms with van der Waals surface area (Å²) in [6, 6.07) is 0.381. The fourth-order valence-corrected chi connectivity index (χ4v) is 3.07. The van der Waals surface area contributed by atoms with Crippen molar-refractivity contribution >= 4 is 5.91 Å². The van der Waals surface area contributed by atoms with Crippen LogP contribution in [0.3, 0.4) is 0 Å². The van der Waals surface area contributed by atoms with Gasteiger partial charge in [0.05, 0.1) is 5.54 Å². The van der Waals surface area contributed by atoms with Gasteiger partial charge in [-0.15, -0.1) is 0 Å². The van der Waals surface area contributed by atoms with E-state index < -0.39 is 5.54 Å². The fraction of sp³-hybridized carbons (Fsp3) is 0.929. The van der Waals surface area contributed by atoms with Crippen LogP contribution in [0.5, 0.6) is 0 Å². The van der Waals surface area contributed by atoms with Gasteiger partial charge in [-0.2, -0.15) is 0 Å². The molecule has 0 radical (unpaired) electrons. The molecule has 1 amide bonds. The molecule has 0 spiro atoms. The van der Waals surface area contributed by atoms with Crippen LogP contribution >= 0.6 is 0 Å². The van der Waals surface area contributed by atoms with Gasteiger partial charge in [-0.3, -0.25) is 4.79 Å². The molecule has 104 valence electrons. The SMILES string of the molecule is NC1(C(=O)N(CCCO)C2CCC2)CCCCC1. The summed E-state index contributed by atoms with van der Waals surface area (Å²) in [5, 5.41) is 8.97. The van der Waals surface area contributed by atoms with Crippen LogP contribution < -0.4 is 5.73 Å². The van der Waals surface area contributed by atoms with Crippen LogP contribution in [0.2, 0.25) is 0 Å². The summed E-state index contributed by atoms with van der Waals surface area (Å²) in [5.41, 5.74) is 5.72. The van der Waals surface area contributed by atoms with Gasteiger partial charge in [0, 0.05) is 19.2 Å². The summed E-state index contributed by atoms with van der Waals surface area (Å²) in [6.07, 6.45) is 9.08. The van der Waals surface area contributed by atoms with Crippen molar-refractivity contribution in [2.45, 2.75) is 69.4 Å².